The third-order valence-corrected chi connectivity index (χ3v) is 11.8. The summed E-state index contributed by atoms with van der Waals surface area (Å²) in [6.07, 6.45) is 8.51. The molecule has 52 heavy (non-hydrogen) atoms. The Morgan fingerprint density at radius 1 is 0.558 bits per heavy atom. The Bertz CT molecular complexity index is 2670. The lowest BCUT2D eigenvalue weighted by Gasteiger charge is -2.40. The number of hydrogen-bond donors (Lipinski definition) is 0. The number of aromatic nitrogens is 2. The van der Waals surface area contributed by atoms with Gasteiger partial charge in [0.25, 0.3) is 0 Å². The summed E-state index contributed by atoms with van der Waals surface area (Å²) in [6.45, 7) is 0. The number of rotatable bonds is 4. The van der Waals surface area contributed by atoms with Crippen molar-refractivity contribution in [2.75, 3.05) is 0 Å². The molecule has 0 bridgehead atoms. The predicted molar refractivity (Wildman–Crippen MR) is 211 cm³/mol. The van der Waals surface area contributed by atoms with Crippen LogP contribution in [0.3, 0.4) is 0 Å². The summed E-state index contributed by atoms with van der Waals surface area (Å²) in [4.78, 5) is 13.0. The third kappa shape index (κ3) is 4.74. The van der Waals surface area contributed by atoms with E-state index in [9.17, 15) is 5.26 Å². The Hall–Kier alpha value is -6.28. The van der Waals surface area contributed by atoms with Crippen molar-refractivity contribution in [2.45, 2.75) is 28.0 Å². The molecular weight excluding hydrogens is 651 g/mol. The second kappa shape index (κ2) is 12.2. The van der Waals surface area contributed by atoms with Crippen LogP contribution in [0.2, 0.25) is 0 Å². The van der Waals surface area contributed by atoms with Crippen LogP contribution in [0.1, 0.15) is 46.4 Å². The normalized spacial score (nSPS) is 16.3. The van der Waals surface area contributed by atoms with E-state index in [0.717, 1.165) is 52.3 Å². The van der Waals surface area contributed by atoms with Crippen molar-refractivity contribution in [3.05, 3.63) is 197 Å². The van der Waals surface area contributed by atoms with Gasteiger partial charge in [-0.3, -0.25) is 0 Å². The van der Waals surface area contributed by atoms with Gasteiger partial charge in [0.05, 0.1) is 28.4 Å². The molecule has 1 atom stereocenters. The van der Waals surface area contributed by atoms with Crippen LogP contribution >= 0.6 is 11.8 Å². The second-order valence-corrected chi connectivity index (χ2v) is 14.6. The number of allylic oxidation sites excluding steroid dienone is 4. The van der Waals surface area contributed by atoms with Crippen molar-refractivity contribution in [1.29, 1.82) is 5.26 Å². The molecule has 3 nitrogen and oxygen atoms in total. The fourth-order valence-corrected chi connectivity index (χ4v) is 9.44. The van der Waals surface area contributed by atoms with Gasteiger partial charge in [-0.25, -0.2) is 9.97 Å². The average molecular weight is 682 g/mol. The van der Waals surface area contributed by atoms with Crippen LogP contribution in [0.15, 0.2) is 174 Å². The van der Waals surface area contributed by atoms with Crippen molar-refractivity contribution in [1.82, 2.24) is 9.97 Å². The summed E-state index contributed by atoms with van der Waals surface area (Å²) < 4.78 is 0. The Morgan fingerprint density at radius 3 is 2.08 bits per heavy atom. The fourth-order valence-electron chi connectivity index (χ4n) is 8.27. The van der Waals surface area contributed by atoms with Crippen molar-refractivity contribution >= 4 is 17.3 Å². The van der Waals surface area contributed by atoms with Crippen molar-refractivity contribution in [3.8, 4) is 51.0 Å². The summed E-state index contributed by atoms with van der Waals surface area (Å²) >= 11 is 1.84. The van der Waals surface area contributed by atoms with Crippen LogP contribution in [0.5, 0.6) is 0 Å². The molecule has 1 spiro atoms. The van der Waals surface area contributed by atoms with Gasteiger partial charge in [-0.05, 0) is 105 Å². The zero-order valence-corrected chi connectivity index (χ0v) is 29.1. The molecule has 4 heteroatoms. The van der Waals surface area contributed by atoms with Crippen LogP contribution in [0.25, 0.3) is 50.5 Å². The molecule has 10 rings (SSSR count). The highest BCUT2D eigenvalue weighted by atomic mass is 32.2. The molecule has 1 aliphatic heterocycles. The second-order valence-electron chi connectivity index (χ2n) is 13.5. The smallest absolute Gasteiger partial charge is 0.160 e. The summed E-state index contributed by atoms with van der Waals surface area (Å²) in [6, 6.07) is 54.3. The van der Waals surface area contributed by atoms with Gasteiger partial charge in [0.2, 0.25) is 0 Å². The summed E-state index contributed by atoms with van der Waals surface area (Å²) in [5, 5.41) is 9.47. The Morgan fingerprint density at radius 2 is 1.25 bits per heavy atom. The molecule has 0 fully saturated rings. The third-order valence-electron chi connectivity index (χ3n) is 10.7. The molecule has 244 valence electrons. The maximum Gasteiger partial charge on any atom is 0.160 e. The zero-order valence-electron chi connectivity index (χ0n) is 28.3. The number of fused-ring (bicyclic) bond motifs is 9. The Balaban J connectivity index is 1.23. The highest BCUT2D eigenvalue weighted by Gasteiger charge is 2.50. The van der Waals surface area contributed by atoms with E-state index in [2.05, 4.69) is 152 Å². The van der Waals surface area contributed by atoms with Gasteiger partial charge in [0.1, 0.15) is 0 Å². The van der Waals surface area contributed by atoms with Crippen LogP contribution in [-0.4, -0.2) is 9.97 Å². The van der Waals surface area contributed by atoms with Gasteiger partial charge >= 0.3 is 0 Å². The van der Waals surface area contributed by atoms with E-state index in [4.69, 9.17) is 9.97 Å². The summed E-state index contributed by atoms with van der Waals surface area (Å²) in [5.74, 6) is 0.728. The van der Waals surface area contributed by atoms with Gasteiger partial charge < -0.3 is 0 Å². The largest absolute Gasteiger partial charge is 0.228 e. The van der Waals surface area contributed by atoms with E-state index in [0.29, 0.717) is 5.56 Å². The standard InChI is InChI=1S/C48H31N3S/c49-30-31-19-21-32(22-20-31)35-23-25-38-37-15-7-8-16-39(37)48(41(38)27-35)40-17-9-10-18-45(40)52-46-26-24-36(28-42(46)48)47-50-43(33-11-3-1-4-12-33)29-44(51-47)34-13-5-2-6-14-34/h1-5,7-13,15-29H,6,14H2. The Labute approximate surface area is 307 Å². The van der Waals surface area contributed by atoms with E-state index in [1.165, 1.54) is 48.7 Å². The molecule has 0 saturated carbocycles. The molecule has 1 aromatic heterocycles. The van der Waals surface area contributed by atoms with Crippen LogP contribution < -0.4 is 0 Å². The number of nitriles is 1. The molecule has 1 unspecified atom stereocenters. The summed E-state index contributed by atoms with van der Waals surface area (Å²) in [5.41, 5.74) is 15.1. The lowest BCUT2D eigenvalue weighted by Crippen LogP contribution is -2.32. The molecule has 0 N–H and O–H groups in total. The fraction of sp³-hybridized carbons (Fsp3) is 0.0625. The molecule has 0 radical (unpaired) electrons. The van der Waals surface area contributed by atoms with Gasteiger partial charge in [-0.15, -0.1) is 0 Å². The van der Waals surface area contributed by atoms with Gasteiger partial charge in [0, 0.05) is 20.9 Å². The van der Waals surface area contributed by atoms with E-state index in [-0.39, 0.29) is 0 Å². The minimum Gasteiger partial charge on any atom is -0.228 e. The van der Waals surface area contributed by atoms with Crippen molar-refractivity contribution in [2.24, 2.45) is 0 Å². The van der Waals surface area contributed by atoms with Gasteiger partial charge in [-0.2, -0.15) is 5.26 Å². The van der Waals surface area contributed by atoms with E-state index in [1.807, 2.05) is 30.0 Å². The lowest BCUT2D eigenvalue weighted by atomic mass is 9.67. The molecular formula is C48H31N3S. The van der Waals surface area contributed by atoms with E-state index >= 15 is 0 Å². The average Bonchev–Trinajstić information content (AvgIpc) is 3.51. The minimum absolute atomic E-state index is 0.557. The lowest BCUT2D eigenvalue weighted by molar-refractivity contribution is 0.723. The molecule has 0 saturated heterocycles. The van der Waals surface area contributed by atoms with Crippen LogP contribution in [-0.2, 0) is 5.41 Å². The molecule has 2 heterocycles. The van der Waals surface area contributed by atoms with Crippen molar-refractivity contribution in [3.63, 3.8) is 0 Å². The molecule has 3 aliphatic rings. The summed E-state index contributed by atoms with van der Waals surface area (Å²) in [7, 11) is 0. The van der Waals surface area contributed by atoms with Gasteiger partial charge in [0.15, 0.2) is 5.82 Å². The van der Waals surface area contributed by atoms with Crippen LogP contribution in [0, 0.1) is 11.3 Å². The molecule has 6 aromatic carbocycles. The van der Waals surface area contributed by atoms with E-state index < -0.39 is 5.41 Å². The highest BCUT2D eigenvalue weighted by Crippen LogP contribution is 2.62. The molecule has 0 amide bonds. The monoisotopic (exact) mass is 681 g/mol. The van der Waals surface area contributed by atoms with E-state index in [1.54, 1.807) is 0 Å². The number of nitrogens with zero attached hydrogens (tertiary/aromatic N) is 3. The maximum atomic E-state index is 9.47. The van der Waals surface area contributed by atoms with Crippen LogP contribution in [0.4, 0.5) is 0 Å². The zero-order chi connectivity index (χ0) is 34.6. The SMILES string of the molecule is N#Cc1ccc(-c2ccc3c(c2)C2(c4ccccc4Sc4ccc(-c5nc(C6=CC=CCC6)cc(-c6ccccc6)n5)cc42)c2ccccc2-3)cc1. The first-order valence-electron chi connectivity index (χ1n) is 17.7. The highest BCUT2D eigenvalue weighted by molar-refractivity contribution is 7.99. The predicted octanol–water partition coefficient (Wildman–Crippen LogP) is 11.9. The molecule has 2 aliphatic carbocycles. The minimum atomic E-state index is -0.557. The quantitative estimate of drug-likeness (QED) is 0.185. The maximum absolute atomic E-state index is 9.47. The van der Waals surface area contributed by atoms with Gasteiger partial charge in [-0.1, -0.05) is 133 Å². The van der Waals surface area contributed by atoms with Crippen molar-refractivity contribution < 1.29 is 0 Å². The first-order chi connectivity index (χ1) is 25.7. The number of hydrogen-bond acceptors (Lipinski definition) is 4. The Kier molecular flexibility index (Phi) is 7.16. The number of benzene rings is 6. The molecule has 7 aromatic rings. The first-order valence-corrected chi connectivity index (χ1v) is 18.5. The first kappa shape index (κ1) is 30.5. The topological polar surface area (TPSA) is 49.6 Å².